The van der Waals surface area contributed by atoms with Crippen molar-refractivity contribution in [1.29, 1.82) is 0 Å². The Balaban J connectivity index is 2.33. The molecule has 0 fully saturated rings. The molecule has 0 aliphatic carbocycles. The van der Waals surface area contributed by atoms with Crippen molar-refractivity contribution >= 4 is 23.3 Å². The van der Waals surface area contributed by atoms with Gasteiger partial charge in [0.05, 0.1) is 6.54 Å². The predicted octanol–water partition coefficient (Wildman–Crippen LogP) is 1.41. The van der Waals surface area contributed by atoms with Crippen molar-refractivity contribution in [2.24, 2.45) is 0 Å². The molecule has 0 aromatic carbocycles. The molecule has 0 saturated carbocycles. The maximum absolute atomic E-state index is 11.3. The highest BCUT2D eigenvalue weighted by atomic mass is 32.1. The third-order valence-corrected chi connectivity index (χ3v) is 2.89. The summed E-state index contributed by atoms with van der Waals surface area (Å²) in [6.07, 6.45) is 0.363. The predicted molar refractivity (Wildman–Crippen MR) is 61.4 cm³/mol. The van der Waals surface area contributed by atoms with Crippen LogP contribution in [0.4, 0.5) is 4.79 Å². The minimum atomic E-state index is -1.02. The minimum absolute atomic E-state index is 0.363. The molecule has 88 valence electrons. The number of thiophene rings is 1. The topological polar surface area (TPSA) is 78.4 Å². The van der Waals surface area contributed by atoms with Gasteiger partial charge in [-0.1, -0.05) is 13.0 Å². The minimum Gasteiger partial charge on any atom is -0.480 e. The molecule has 5 nitrogen and oxygen atoms in total. The maximum Gasteiger partial charge on any atom is 0.326 e. The summed E-state index contributed by atoms with van der Waals surface area (Å²) < 4.78 is 0. The van der Waals surface area contributed by atoms with E-state index in [1.165, 1.54) is 11.3 Å². The van der Waals surface area contributed by atoms with E-state index in [2.05, 4.69) is 10.6 Å². The lowest BCUT2D eigenvalue weighted by atomic mass is 10.2. The number of carbonyl (C=O) groups is 2. The van der Waals surface area contributed by atoms with Gasteiger partial charge in [0, 0.05) is 4.88 Å². The van der Waals surface area contributed by atoms with Crippen LogP contribution < -0.4 is 10.6 Å². The summed E-state index contributed by atoms with van der Waals surface area (Å²) in [5.74, 6) is -1.02. The van der Waals surface area contributed by atoms with Gasteiger partial charge in [-0.25, -0.2) is 9.59 Å². The van der Waals surface area contributed by atoms with Gasteiger partial charge in [-0.2, -0.15) is 0 Å². The van der Waals surface area contributed by atoms with E-state index in [0.29, 0.717) is 13.0 Å². The maximum atomic E-state index is 11.3. The van der Waals surface area contributed by atoms with E-state index in [0.717, 1.165) is 4.88 Å². The second kappa shape index (κ2) is 6.12. The zero-order chi connectivity index (χ0) is 12.0. The van der Waals surface area contributed by atoms with Crippen molar-refractivity contribution in [3.05, 3.63) is 22.4 Å². The zero-order valence-electron chi connectivity index (χ0n) is 8.90. The zero-order valence-corrected chi connectivity index (χ0v) is 9.71. The lowest BCUT2D eigenvalue weighted by Crippen LogP contribution is -2.45. The van der Waals surface area contributed by atoms with E-state index in [-0.39, 0.29) is 0 Å². The molecule has 1 aromatic rings. The van der Waals surface area contributed by atoms with E-state index in [9.17, 15) is 9.59 Å². The van der Waals surface area contributed by atoms with Crippen LogP contribution in [0.2, 0.25) is 0 Å². The number of hydrogen-bond acceptors (Lipinski definition) is 3. The Kier molecular flexibility index (Phi) is 4.78. The van der Waals surface area contributed by atoms with Crippen LogP contribution in [0.3, 0.4) is 0 Å². The highest BCUT2D eigenvalue weighted by molar-refractivity contribution is 7.09. The third-order valence-electron chi connectivity index (χ3n) is 2.01. The Hall–Kier alpha value is -1.56. The Labute approximate surface area is 97.5 Å². The van der Waals surface area contributed by atoms with Gasteiger partial charge in [-0.3, -0.25) is 0 Å². The van der Waals surface area contributed by atoms with Gasteiger partial charge in [0.15, 0.2) is 0 Å². The first-order valence-corrected chi connectivity index (χ1v) is 5.81. The molecule has 0 bridgehead atoms. The standard InChI is InChI=1S/C10H14N2O3S/c1-2-8(9(13)14)12-10(15)11-6-7-4-3-5-16-7/h3-5,8H,2,6H2,1H3,(H,13,14)(H2,11,12,15). The molecular formula is C10H14N2O3S. The van der Waals surface area contributed by atoms with Gasteiger partial charge in [0.1, 0.15) is 6.04 Å². The van der Waals surface area contributed by atoms with Crippen molar-refractivity contribution in [3.8, 4) is 0 Å². The summed E-state index contributed by atoms with van der Waals surface area (Å²) in [5.41, 5.74) is 0. The molecule has 16 heavy (non-hydrogen) atoms. The van der Waals surface area contributed by atoms with Gasteiger partial charge < -0.3 is 15.7 Å². The summed E-state index contributed by atoms with van der Waals surface area (Å²) in [6, 6.07) is 2.51. The van der Waals surface area contributed by atoms with Crippen molar-refractivity contribution in [1.82, 2.24) is 10.6 Å². The molecule has 1 aromatic heterocycles. The highest BCUT2D eigenvalue weighted by Gasteiger charge is 2.16. The smallest absolute Gasteiger partial charge is 0.326 e. The average molecular weight is 242 g/mol. The molecule has 1 heterocycles. The largest absolute Gasteiger partial charge is 0.480 e. The fourth-order valence-electron chi connectivity index (χ4n) is 1.13. The SMILES string of the molecule is CCC(NC(=O)NCc1cccs1)C(=O)O. The Morgan fingerprint density at radius 1 is 1.56 bits per heavy atom. The van der Waals surface area contributed by atoms with E-state index in [4.69, 9.17) is 5.11 Å². The van der Waals surface area contributed by atoms with Crippen LogP contribution in [0.5, 0.6) is 0 Å². The summed E-state index contributed by atoms with van der Waals surface area (Å²) in [6.45, 7) is 2.12. The van der Waals surface area contributed by atoms with Crippen LogP contribution in [-0.2, 0) is 11.3 Å². The first-order chi connectivity index (χ1) is 7.63. The first-order valence-electron chi connectivity index (χ1n) is 4.93. The monoisotopic (exact) mass is 242 g/mol. The van der Waals surface area contributed by atoms with Crippen LogP contribution in [0.25, 0.3) is 0 Å². The lowest BCUT2D eigenvalue weighted by Gasteiger charge is -2.12. The Morgan fingerprint density at radius 2 is 2.31 bits per heavy atom. The van der Waals surface area contributed by atoms with Gasteiger partial charge >= 0.3 is 12.0 Å². The summed E-state index contributed by atoms with van der Waals surface area (Å²) >= 11 is 1.54. The molecule has 2 amide bonds. The van der Waals surface area contributed by atoms with E-state index in [1.807, 2.05) is 17.5 Å². The number of carbonyl (C=O) groups excluding carboxylic acids is 1. The van der Waals surface area contributed by atoms with Crippen molar-refractivity contribution in [2.45, 2.75) is 25.9 Å². The molecule has 6 heteroatoms. The third kappa shape index (κ3) is 3.90. The second-order valence-corrected chi connectivity index (χ2v) is 4.24. The van der Waals surface area contributed by atoms with Crippen LogP contribution in [0, 0.1) is 0 Å². The lowest BCUT2D eigenvalue weighted by molar-refractivity contribution is -0.139. The molecular weight excluding hydrogens is 228 g/mol. The highest BCUT2D eigenvalue weighted by Crippen LogP contribution is 2.07. The van der Waals surface area contributed by atoms with Crippen molar-refractivity contribution < 1.29 is 14.7 Å². The van der Waals surface area contributed by atoms with E-state index >= 15 is 0 Å². The molecule has 0 aliphatic heterocycles. The van der Waals surface area contributed by atoms with Gasteiger partial charge in [0.2, 0.25) is 0 Å². The summed E-state index contributed by atoms with van der Waals surface area (Å²) in [5, 5.41) is 15.6. The average Bonchev–Trinajstić information content (AvgIpc) is 2.75. The fraction of sp³-hybridized carbons (Fsp3) is 0.400. The number of carboxylic acid groups (broad SMARTS) is 1. The molecule has 1 unspecified atom stereocenters. The molecule has 3 N–H and O–H groups in total. The number of hydrogen-bond donors (Lipinski definition) is 3. The number of aliphatic carboxylic acids is 1. The van der Waals surface area contributed by atoms with E-state index < -0.39 is 18.0 Å². The quantitative estimate of drug-likeness (QED) is 0.730. The number of rotatable bonds is 5. The Morgan fingerprint density at radius 3 is 2.81 bits per heavy atom. The normalized spacial score (nSPS) is 11.8. The molecule has 0 radical (unpaired) electrons. The van der Waals surface area contributed by atoms with Crippen molar-refractivity contribution in [3.63, 3.8) is 0 Å². The molecule has 1 rings (SSSR count). The van der Waals surface area contributed by atoms with Crippen LogP contribution in [0.15, 0.2) is 17.5 Å². The van der Waals surface area contributed by atoms with Crippen LogP contribution >= 0.6 is 11.3 Å². The number of nitrogens with one attached hydrogen (secondary N) is 2. The molecule has 0 spiro atoms. The first kappa shape index (κ1) is 12.5. The second-order valence-electron chi connectivity index (χ2n) is 3.21. The van der Waals surface area contributed by atoms with Crippen molar-refractivity contribution in [2.75, 3.05) is 0 Å². The molecule has 0 aliphatic rings. The van der Waals surface area contributed by atoms with Gasteiger partial charge in [-0.05, 0) is 17.9 Å². The van der Waals surface area contributed by atoms with Gasteiger partial charge in [-0.15, -0.1) is 11.3 Å². The molecule has 0 saturated heterocycles. The number of urea groups is 1. The summed E-state index contributed by atoms with van der Waals surface area (Å²) in [4.78, 5) is 23.0. The van der Waals surface area contributed by atoms with Gasteiger partial charge in [0.25, 0.3) is 0 Å². The summed E-state index contributed by atoms with van der Waals surface area (Å²) in [7, 11) is 0. The number of amides is 2. The van der Waals surface area contributed by atoms with Crippen LogP contribution in [-0.4, -0.2) is 23.1 Å². The fourth-order valence-corrected chi connectivity index (χ4v) is 1.77. The molecule has 1 atom stereocenters. The van der Waals surface area contributed by atoms with E-state index in [1.54, 1.807) is 6.92 Å². The number of carboxylic acids is 1. The Bertz CT molecular complexity index is 351. The van der Waals surface area contributed by atoms with Crippen LogP contribution in [0.1, 0.15) is 18.2 Å².